The SMILES string of the molecule is Cc1nn(C)c(CN2CCCC2CCO)c1Br. The number of rotatable bonds is 4. The summed E-state index contributed by atoms with van der Waals surface area (Å²) in [5.74, 6) is 0. The Morgan fingerprint density at radius 2 is 2.29 bits per heavy atom. The van der Waals surface area contributed by atoms with Gasteiger partial charge in [0, 0.05) is 26.2 Å². The van der Waals surface area contributed by atoms with E-state index in [1.54, 1.807) is 0 Å². The summed E-state index contributed by atoms with van der Waals surface area (Å²) in [5, 5.41) is 13.5. The largest absolute Gasteiger partial charge is 0.396 e. The number of likely N-dealkylation sites (tertiary alicyclic amines) is 1. The molecular formula is C12H20BrN3O. The standard InChI is InChI=1S/C12H20BrN3O/c1-9-12(13)11(15(2)14-9)8-16-6-3-4-10(16)5-7-17/h10,17H,3-8H2,1-2H3. The van der Waals surface area contributed by atoms with Crippen molar-refractivity contribution in [1.82, 2.24) is 14.7 Å². The Balaban J connectivity index is 2.09. The molecule has 1 aromatic rings. The minimum atomic E-state index is 0.284. The van der Waals surface area contributed by atoms with Crippen LogP contribution < -0.4 is 0 Å². The molecule has 4 nitrogen and oxygen atoms in total. The van der Waals surface area contributed by atoms with Crippen LogP contribution in [0.2, 0.25) is 0 Å². The van der Waals surface area contributed by atoms with Gasteiger partial charge >= 0.3 is 0 Å². The van der Waals surface area contributed by atoms with E-state index in [1.807, 2.05) is 18.7 Å². The molecule has 1 aliphatic rings. The van der Waals surface area contributed by atoms with Crippen LogP contribution in [-0.2, 0) is 13.6 Å². The minimum Gasteiger partial charge on any atom is -0.396 e. The highest BCUT2D eigenvalue weighted by Crippen LogP contribution is 2.26. The lowest BCUT2D eigenvalue weighted by Gasteiger charge is -2.23. The summed E-state index contributed by atoms with van der Waals surface area (Å²) in [6, 6.07) is 0.530. The third-order valence-electron chi connectivity index (χ3n) is 3.58. The average Bonchev–Trinajstić information content (AvgIpc) is 2.81. The van der Waals surface area contributed by atoms with Crippen molar-refractivity contribution in [3.63, 3.8) is 0 Å². The molecule has 5 heteroatoms. The van der Waals surface area contributed by atoms with Gasteiger partial charge in [0.2, 0.25) is 0 Å². The molecular weight excluding hydrogens is 282 g/mol. The third kappa shape index (κ3) is 2.72. The van der Waals surface area contributed by atoms with E-state index in [0.29, 0.717) is 6.04 Å². The highest BCUT2D eigenvalue weighted by atomic mass is 79.9. The second kappa shape index (κ2) is 5.50. The van der Waals surface area contributed by atoms with Gasteiger partial charge < -0.3 is 5.11 Å². The van der Waals surface area contributed by atoms with Gasteiger partial charge in [-0.25, -0.2) is 0 Å². The number of hydrogen-bond donors (Lipinski definition) is 1. The summed E-state index contributed by atoms with van der Waals surface area (Å²) in [7, 11) is 1.99. The minimum absolute atomic E-state index is 0.284. The number of aryl methyl sites for hydroxylation is 2. The Morgan fingerprint density at radius 1 is 1.53 bits per heavy atom. The van der Waals surface area contributed by atoms with Gasteiger partial charge in [-0.2, -0.15) is 5.10 Å². The molecule has 1 N–H and O–H groups in total. The lowest BCUT2D eigenvalue weighted by molar-refractivity contribution is 0.186. The summed E-state index contributed by atoms with van der Waals surface area (Å²) in [6.45, 7) is 4.35. The van der Waals surface area contributed by atoms with Crippen molar-refractivity contribution >= 4 is 15.9 Å². The molecule has 96 valence electrons. The van der Waals surface area contributed by atoms with Gasteiger partial charge in [0.25, 0.3) is 0 Å². The zero-order valence-electron chi connectivity index (χ0n) is 10.5. The number of nitrogens with zero attached hydrogens (tertiary/aromatic N) is 3. The highest BCUT2D eigenvalue weighted by molar-refractivity contribution is 9.10. The molecule has 17 heavy (non-hydrogen) atoms. The van der Waals surface area contributed by atoms with E-state index in [1.165, 1.54) is 18.5 Å². The number of aliphatic hydroxyl groups excluding tert-OH is 1. The van der Waals surface area contributed by atoms with Crippen molar-refractivity contribution < 1.29 is 5.11 Å². The van der Waals surface area contributed by atoms with Crippen molar-refractivity contribution in [3.05, 3.63) is 15.9 Å². The Hall–Kier alpha value is -0.390. The lowest BCUT2D eigenvalue weighted by Crippen LogP contribution is -2.30. The van der Waals surface area contributed by atoms with E-state index in [0.717, 1.165) is 29.7 Å². The Labute approximate surface area is 111 Å². The molecule has 2 heterocycles. The fraction of sp³-hybridized carbons (Fsp3) is 0.750. The maximum absolute atomic E-state index is 9.07. The molecule has 0 aromatic carbocycles. The third-order valence-corrected chi connectivity index (χ3v) is 4.61. The van der Waals surface area contributed by atoms with Crippen LogP contribution in [0.4, 0.5) is 0 Å². The first kappa shape index (κ1) is 13.1. The topological polar surface area (TPSA) is 41.3 Å². The van der Waals surface area contributed by atoms with Gasteiger partial charge in [-0.15, -0.1) is 0 Å². The van der Waals surface area contributed by atoms with Gasteiger partial charge in [0.15, 0.2) is 0 Å². The summed E-state index contributed by atoms with van der Waals surface area (Å²) < 4.78 is 3.07. The molecule has 0 radical (unpaired) electrons. The maximum atomic E-state index is 9.07. The molecule has 1 atom stereocenters. The fourth-order valence-corrected chi connectivity index (χ4v) is 3.08. The lowest BCUT2D eigenvalue weighted by atomic mass is 10.1. The first-order chi connectivity index (χ1) is 8.13. The Kier molecular flexibility index (Phi) is 4.22. The predicted octanol–water partition coefficient (Wildman–Crippen LogP) is 1.84. The van der Waals surface area contributed by atoms with Gasteiger partial charge in [-0.3, -0.25) is 9.58 Å². The van der Waals surface area contributed by atoms with E-state index in [9.17, 15) is 0 Å². The second-order valence-electron chi connectivity index (χ2n) is 4.75. The summed E-state index contributed by atoms with van der Waals surface area (Å²) in [5.41, 5.74) is 2.27. The predicted molar refractivity (Wildman–Crippen MR) is 70.8 cm³/mol. The quantitative estimate of drug-likeness (QED) is 0.923. The van der Waals surface area contributed by atoms with Gasteiger partial charge in [-0.1, -0.05) is 0 Å². The van der Waals surface area contributed by atoms with Crippen LogP contribution in [0.25, 0.3) is 0 Å². The van der Waals surface area contributed by atoms with Gasteiger partial charge in [0.05, 0.1) is 15.9 Å². The maximum Gasteiger partial charge on any atom is 0.0739 e. The van der Waals surface area contributed by atoms with Crippen LogP contribution in [0.3, 0.4) is 0 Å². The van der Waals surface area contributed by atoms with Crippen LogP contribution in [-0.4, -0.2) is 39.0 Å². The van der Waals surface area contributed by atoms with Crippen molar-refractivity contribution in [3.8, 4) is 0 Å². The molecule has 1 unspecified atom stereocenters. The summed E-state index contributed by atoms with van der Waals surface area (Å²) in [6.07, 6.45) is 3.32. The van der Waals surface area contributed by atoms with Crippen molar-refractivity contribution in [1.29, 1.82) is 0 Å². The number of hydrogen-bond acceptors (Lipinski definition) is 3. The molecule has 0 bridgehead atoms. The molecule has 1 fully saturated rings. The smallest absolute Gasteiger partial charge is 0.0739 e. The van der Waals surface area contributed by atoms with Crippen molar-refractivity contribution in [2.75, 3.05) is 13.2 Å². The first-order valence-electron chi connectivity index (χ1n) is 6.16. The van der Waals surface area contributed by atoms with E-state index < -0.39 is 0 Å². The zero-order valence-corrected chi connectivity index (χ0v) is 12.1. The van der Waals surface area contributed by atoms with E-state index in [2.05, 4.69) is 25.9 Å². The van der Waals surface area contributed by atoms with Gasteiger partial charge in [-0.05, 0) is 48.7 Å². The molecule has 0 amide bonds. The first-order valence-corrected chi connectivity index (χ1v) is 6.95. The molecule has 0 spiro atoms. The number of aromatic nitrogens is 2. The van der Waals surface area contributed by atoms with E-state index >= 15 is 0 Å². The van der Waals surface area contributed by atoms with Crippen molar-refractivity contribution in [2.24, 2.45) is 7.05 Å². The van der Waals surface area contributed by atoms with Gasteiger partial charge in [0.1, 0.15) is 0 Å². The molecule has 0 aliphatic carbocycles. The molecule has 1 saturated heterocycles. The van der Waals surface area contributed by atoms with Crippen LogP contribution >= 0.6 is 15.9 Å². The molecule has 2 rings (SSSR count). The van der Waals surface area contributed by atoms with Crippen LogP contribution in [0.15, 0.2) is 4.47 Å². The van der Waals surface area contributed by atoms with E-state index in [4.69, 9.17) is 5.11 Å². The average molecular weight is 302 g/mol. The zero-order chi connectivity index (χ0) is 12.4. The normalized spacial score (nSPS) is 21.3. The Morgan fingerprint density at radius 3 is 2.88 bits per heavy atom. The van der Waals surface area contributed by atoms with Crippen LogP contribution in [0, 0.1) is 6.92 Å². The van der Waals surface area contributed by atoms with Crippen LogP contribution in [0.5, 0.6) is 0 Å². The van der Waals surface area contributed by atoms with E-state index in [-0.39, 0.29) is 6.61 Å². The monoisotopic (exact) mass is 301 g/mol. The highest BCUT2D eigenvalue weighted by Gasteiger charge is 2.25. The molecule has 0 saturated carbocycles. The molecule has 1 aliphatic heterocycles. The van der Waals surface area contributed by atoms with Crippen molar-refractivity contribution in [2.45, 2.75) is 38.8 Å². The number of halogens is 1. The summed E-state index contributed by atoms with van der Waals surface area (Å²) >= 11 is 3.61. The number of aliphatic hydroxyl groups is 1. The Bertz CT molecular complexity index is 391. The second-order valence-corrected chi connectivity index (χ2v) is 5.54. The van der Waals surface area contributed by atoms with Crippen LogP contribution in [0.1, 0.15) is 30.7 Å². The molecule has 1 aromatic heterocycles. The summed E-state index contributed by atoms with van der Waals surface area (Å²) in [4.78, 5) is 2.46. The fourth-order valence-electron chi connectivity index (χ4n) is 2.62.